The Hall–Kier alpha value is -1.95. The molecule has 1 saturated heterocycles. The Morgan fingerprint density at radius 3 is 3.00 bits per heavy atom. The number of tetrazole rings is 1. The van der Waals surface area contributed by atoms with Crippen LogP contribution in [0.4, 0.5) is 5.69 Å². The summed E-state index contributed by atoms with van der Waals surface area (Å²) in [6.45, 7) is 5.70. The van der Waals surface area contributed by atoms with E-state index in [1.54, 1.807) is 0 Å². The number of hydrogen-bond donors (Lipinski definition) is 1. The van der Waals surface area contributed by atoms with Crippen LogP contribution in [0.15, 0.2) is 18.2 Å². The number of nitrogens with zero attached hydrogens (tertiary/aromatic N) is 4. The lowest BCUT2D eigenvalue weighted by Gasteiger charge is -2.15. The van der Waals surface area contributed by atoms with E-state index in [1.807, 2.05) is 29.8 Å². The van der Waals surface area contributed by atoms with Gasteiger partial charge in [-0.3, -0.25) is 0 Å². The van der Waals surface area contributed by atoms with Crippen LogP contribution in [-0.4, -0.2) is 32.9 Å². The Morgan fingerprint density at radius 1 is 1.45 bits per heavy atom. The Balaban J connectivity index is 1.94. The van der Waals surface area contributed by atoms with Gasteiger partial charge in [0.1, 0.15) is 0 Å². The summed E-state index contributed by atoms with van der Waals surface area (Å²) in [5, 5.41) is 12.1. The van der Waals surface area contributed by atoms with Crippen molar-refractivity contribution in [2.75, 3.05) is 12.3 Å². The van der Waals surface area contributed by atoms with Crippen LogP contribution in [0.2, 0.25) is 0 Å². The fraction of sp³-hybridized carbons (Fsp3) is 0.500. The lowest BCUT2D eigenvalue weighted by Crippen LogP contribution is -2.19. The fourth-order valence-electron chi connectivity index (χ4n) is 2.74. The van der Waals surface area contributed by atoms with Crippen LogP contribution in [0.5, 0.6) is 0 Å². The Kier molecular flexibility index (Phi) is 3.40. The summed E-state index contributed by atoms with van der Waals surface area (Å²) in [5.41, 5.74) is 8.79. The molecule has 2 N–H and O–H groups in total. The van der Waals surface area contributed by atoms with Gasteiger partial charge in [0.15, 0.2) is 5.82 Å². The maximum atomic E-state index is 6.08. The molecule has 1 aliphatic rings. The van der Waals surface area contributed by atoms with Gasteiger partial charge in [0, 0.05) is 23.8 Å². The van der Waals surface area contributed by atoms with Gasteiger partial charge < -0.3 is 10.5 Å². The van der Waals surface area contributed by atoms with Crippen molar-refractivity contribution in [2.45, 2.75) is 32.9 Å². The molecule has 1 aliphatic heterocycles. The van der Waals surface area contributed by atoms with Gasteiger partial charge in [-0.05, 0) is 42.3 Å². The van der Waals surface area contributed by atoms with Crippen LogP contribution in [0, 0.1) is 12.8 Å². The number of rotatable bonds is 3. The van der Waals surface area contributed by atoms with Gasteiger partial charge in [0.05, 0.1) is 12.6 Å². The molecule has 0 bridgehead atoms. The molecule has 2 aromatic rings. The van der Waals surface area contributed by atoms with Crippen molar-refractivity contribution in [3.05, 3.63) is 23.8 Å². The van der Waals surface area contributed by atoms with E-state index in [9.17, 15) is 0 Å². The van der Waals surface area contributed by atoms with Crippen molar-refractivity contribution in [2.24, 2.45) is 5.92 Å². The zero-order valence-electron chi connectivity index (χ0n) is 11.8. The summed E-state index contributed by atoms with van der Waals surface area (Å²) in [6.07, 6.45) is 1.30. The Bertz CT molecular complexity index is 589. The van der Waals surface area contributed by atoms with Gasteiger partial charge in [-0.25, -0.2) is 4.68 Å². The second-order valence-corrected chi connectivity index (χ2v) is 5.35. The number of hydrogen-bond acceptors (Lipinski definition) is 5. The molecule has 20 heavy (non-hydrogen) atoms. The summed E-state index contributed by atoms with van der Waals surface area (Å²) in [6, 6.07) is 5.84. The van der Waals surface area contributed by atoms with Gasteiger partial charge in [-0.2, -0.15) is 0 Å². The first-order chi connectivity index (χ1) is 9.66. The summed E-state index contributed by atoms with van der Waals surface area (Å²) in [7, 11) is 0. The predicted molar refractivity (Wildman–Crippen MR) is 75.9 cm³/mol. The van der Waals surface area contributed by atoms with Crippen LogP contribution in [0.1, 0.15) is 18.9 Å². The lowest BCUT2D eigenvalue weighted by molar-refractivity contribution is 0.101. The topological polar surface area (TPSA) is 78.9 Å². The highest BCUT2D eigenvalue weighted by Gasteiger charge is 2.26. The van der Waals surface area contributed by atoms with Gasteiger partial charge in [-0.1, -0.05) is 12.1 Å². The third kappa shape index (κ3) is 2.27. The van der Waals surface area contributed by atoms with Crippen LogP contribution in [0.25, 0.3) is 11.4 Å². The van der Waals surface area contributed by atoms with Crippen molar-refractivity contribution in [1.82, 2.24) is 20.2 Å². The average molecular weight is 273 g/mol. The number of aryl methyl sites for hydroxylation is 1. The minimum Gasteiger partial charge on any atom is -0.398 e. The van der Waals surface area contributed by atoms with E-state index < -0.39 is 0 Å². The molecule has 1 fully saturated rings. The number of ether oxygens (including phenoxy) is 1. The molecule has 6 nitrogen and oxygen atoms in total. The molecule has 6 heteroatoms. The van der Waals surface area contributed by atoms with Crippen LogP contribution in [0.3, 0.4) is 0 Å². The van der Waals surface area contributed by atoms with E-state index in [1.165, 1.54) is 0 Å². The van der Waals surface area contributed by atoms with Gasteiger partial charge in [0.25, 0.3) is 0 Å². The van der Waals surface area contributed by atoms with E-state index in [-0.39, 0.29) is 6.10 Å². The normalized spacial score (nSPS) is 22.3. The molecule has 1 aromatic heterocycles. The minimum atomic E-state index is 0.251. The third-order valence-electron chi connectivity index (χ3n) is 4.00. The predicted octanol–water partition coefficient (Wildman–Crippen LogP) is 1.66. The molecule has 0 aliphatic carbocycles. The molecule has 1 aromatic carbocycles. The number of anilines is 1. The standard InChI is InChI=1S/C14H19N5O/c1-9-4-3-5-12(15)13(9)14-16-17-18-19(14)8-11-6-7-20-10(11)2/h3-5,10-11H,6-8,15H2,1-2H3. The van der Waals surface area contributed by atoms with Crippen molar-refractivity contribution in [3.8, 4) is 11.4 Å². The molecule has 3 rings (SSSR count). The molecular weight excluding hydrogens is 254 g/mol. The highest BCUT2D eigenvalue weighted by Crippen LogP contribution is 2.29. The SMILES string of the molecule is Cc1cccc(N)c1-c1nnnn1CC1CCOC1C. The van der Waals surface area contributed by atoms with E-state index in [4.69, 9.17) is 10.5 Å². The van der Waals surface area contributed by atoms with Crippen molar-refractivity contribution in [1.29, 1.82) is 0 Å². The van der Waals surface area contributed by atoms with Crippen molar-refractivity contribution >= 4 is 5.69 Å². The number of benzene rings is 1. The van der Waals surface area contributed by atoms with Crippen LogP contribution in [-0.2, 0) is 11.3 Å². The Morgan fingerprint density at radius 2 is 2.30 bits per heavy atom. The molecule has 0 amide bonds. The largest absolute Gasteiger partial charge is 0.398 e. The zero-order chi connectivity index (χ0) is 14.1. The molecule has 2 heterocycles. The number of nitrogen functional groups attached to an aromatic ring is 1. The molecule has 0 spiro atoms. The van der Waals surface area contributed by atoms with Crippen LogP contribution < -0.4 is 5.73 Å². The third-order valence-corrected chi connectivity index (χ3v) is 4.00. The summed E-state index contributed by atoms with van der Waals surface area (Å²) in [4.78, 5) is 0. The molecule has 0 radical (unpaired) electrons. The first kappa shape index (κ1) is 13.1. The van der Waals surface area contributed by atoms with Crippen LogP contribution >= 0.6 is 0 Å². The average Bonchev–Trinajstić information content (AvgIpc) is 3.01. The van der Waals surface area contributed by atoms with Gasteiger partial charge in [0.2, 0.25) is 0 Å². The summed E-state index contributed by atoms with van der Waals surface area (Å²) >= 11 is 0. The number of nitrogens with two attached hydrogens (primary N) is 1. The van der Waals surface area contributed by atoms with E-state index in [0.717, 1.165) is 36.5 Å². The van der Waals surface area contributed by atoms with E-state index >= 15 is 0 Å². The molecule has 106 valence electrons. The zero-order valence-corrected chi connectivity index (χ0v) is 11.8. The summed E-state index contributed by atoms with van der Waals surface area (Å²) < 4.78 is 7.44. The molecular formula is C14H19N5O. The first-order valence-electron chi connectivity index (χ1n) is 6.90. The molecule has 0 saturated carbocycles. The fourth-order valence-corrected chi connectivity index (χ4v) is 2.74. The maximum Gasteiger partial charge on any atom is 0.184 e. The first-order valence-corrected chi connectivity index (χ1v) is 6.90. The second kappa shape index (κ2) is 5.20. The Labute approximate surface area is 117 Å². The quantitative estimate of drug-likeness (QED) is 0.860. The van der Waals surface area contributed by atoms with Gasteiger partial charge >= 0.3 is 0 Å². The minimum absolute atomic E-state index is 0.251. The van der Waals surface area contributed by atoms with Crippen molar-refractivity contribution < 1.29 is 4.74 Å². The number of aromatic nitrogens is 4. The summed E-state index contributed by atoms with van der Waals surface area (Å²) in [5.74, 6) is 1.18. The smallest absolute Gasteiger partial charge is 0.184 e. The molecule has 2 unspecified atom stereocenters. The molecule has 2 atom stereocenters. The van der Waals surface area contributed by atoms with E-state index in [0.29, 0.717) is 11.6 Å². The van der Waals surface area contributed by atoms with Crippen molar-refractivity contribution in [3.63, 3.8) is 0 Å². The lowest BCUT2D eigenvalue weighted by atomic mass is 10.0. The highest BCUT2D eigenvalue weighted by molar-refractivity contribution is 5.74. The monoisotopic (exact) mass is 273 g/mol. The maximum absolute atomic E-state index is 6.08. The van der Waals surface area contributed by atoms with Gasteiger partial charge in [-0.15, -0.1) is 5.10 Å². The second-order valence-electron chi connectivity index (χ2n) is 5.35. The van der Waals surface area contributed by atoms with E-state index in [2.05, 4.69) is 22.4 Å². The highest BCUT2D eigenvalue weighted by atomic mass is 16.5.